The average Bonchev–Trinajstić information content (AvgIpc) is 1.86. The van der Waals surface area contributed by atoms with E-state index in [0.29, 0.717) is 4.90 Å². The van der Waals surface area contributed by atoms with E-state index in [0.717, 1.165) is 15.7 Å². The molecular weight excluding hydrogens is 168 g/mol. The van der Waals surface area contributed by atoms with Crippen LogP contribution in [-0.4, -0.2) is 8.42 Å². The van der Waals surface area contributed by atoms with E-state index in [1.165, 1.54) is 0 Å². The van der Waals surface area contributed by atoms with Crippen molar-refractivity contribution in [3.63, 3.8) is 0 Å². The van der Waals surface area contributed by atoms with Gasteiger partial charge < -0.3 is 0 Å². The Morgan fingerprint density at radius 2 is 1.90 bits per heavy atom. The quantitative estimate of drug-likeness (QED) is 0.556. The molecule has 0 radical (unpaired) electrons. The lowest BCUT2D eigenvalue weighted by Crippen LogP contribution is -2.06. The monoisotopic (exact) mass is 172 g/mol. The zero-order valence-corrected chi connectivity index (χ0v) is 6.58. The van der Waals surface area contributed by atoms with Crippen LogP contribution in [0.15, 0.2) is 34.1 Å². The summed E-state index contributed by atoms with van der Waals surface area (Å²) in [4.78, 5) is 1.34. The van der Waals surface area contributed by atoms with E-state index in [4.69, 9.17) is 0 Å². The Balaban J connectivity index is 2.75. The normalized spacial score (nSPS) is 19.2. The second-order valence-electron chi connectivity index (χ2n) is 1.98. The van der Waals surface area contributed by atoms with Crippen molar-refractivity contribution >= 4 is 19.7 Å². The lowest BCUT2D eigenvalue weighted by atomic mass is 10.4. The molecule has 1 heterocycles. The van der Waals surface area contributed by atoms with E-state index in [2.05, 4.69) is 0 Å². The summed E-state index contributed by atoms with van der Waals surface area (Å²) >= 11 is 0. The topological polar surface area (TPSA) is 34.1 Å². The van der Waals surface area contributed by atoms with Crippen LogP contribution >= 0.6 is 10.8 Å². The maximum Gasteiger partial charge on any atom is 0.235 e. The molecule has 0 aromatic heterocycles. The van der Waals surface area contributed by atoms with Gasteiger partial charge in [0, 0.05) is 15.7 Å². The van der Waals surface area contributed by atoms with E-state index in [9.17, 15) is 8.42 Å². The molecule has 1 aromatic rings. The predicted molar refractivity (Wildman–Crippen MR) is 39.5 cm³/mol. The van der Waals surface area contributed by atoms with Gasteiger partial charge in [-0.05, 0) is 12.1 Å². The van der Waals surface area contributed by atoms with Gasteiger partial charge in [0.1, 0.15) is 0 Å². The second kappa shape index (κ2) is 1.77. The first-order valence-corrected chi connectivity index (χ1v) is 5.55. The van der Waals surface area contributed by atoms with Gasteiger partial charge in [0.05, 0.1) is 4.90 Å². The molecule has 10 heavy (non-hydrogen) atoms. The molecular formula is C6H4O2S2. The first-order valence-electron chi connectivity index (χ1n) is 2.74. The van der Waals surface area contributed by atoms with E-state index in [1.807, 2.05) is 6.07 Å². The SMILES string of the molecule is O=S1(=O)Sc2ccccc21. The summed E-state index contributed by atoms with van der Waals surface area (Å²) in [5.74, 6) is 0. The Morgan fingerprint density at radius 1 is 1.20 bits per heavy atom. The van der Waals surface area contributed by atoms with Crippen LogP contribution in [0.1, 0.15) is 0 Å². The lowest BCUT2D eigenvalue weighted by molar-refractivity contribution is 0.606. The Morgan fingerprint density at radius 3 is 2.40 bits per heavy atom. The van der Waals surface area contributed by atoms with Crippen molar-refractivity contribution in [2.24, 2.45) is 0 Å². The number of fused-ring (bicyclic) bond motifs is 1. The molecule has 4 heteroatoms. The number of rotatable bonds is 0. The molecule has 0 spiro atoms. The Kier molecular flexibility index (Phi) is 1.10. The third kappa shape index (κ3) is 0.690. The van der Waals surface area contributed by atoms with Gasteiger partial charge in [-0.1, -0.05) is 12.1 Å². The van der Waals surface area contributed by atoms with E-state index in [1.54, 1.807) is 18.2 Å². The minimum absolute atomic E-state index is 0.472. The van der Waals surface area contributed by atoms with Crippen LogP contribution in [0, 0.1) is 0 Å². The van der Waals surface area contributed by atoms with Crippen LogP contribution < -0.4 is 0 Å². The van der Waals surface area contributed by atoms with Gasteiger partial charge in [0.25, 0.3) is 0 Å². The molecule has 0 fully saturated rings. The van der Waals surface area contributed by atoms with Gasteiger partial charge in [-0.2, -0.15) is 0 Å². The van der Waals surface area contributed by atoms with Crippen LogP contribution in [-0.2, 0) is 8.87 Å². The minimum Gasteiger partial charge on any atom is -0.212 e. The summed E-state index contributed by atoms with van der Waals surface area (Å²) in [6.45, 7) is 0. The largest absolute Gasteiger partial charge is 0.235 e. The summed E-state index contributed by atoms with van der Waals surface area (Å²) in [5, 5.41) is 0. The van der Waals surface area contributed by atoms with Crippen molar-refractivity contribution in [2.45, 2.75) is 9.79 Å². The standard InChI is InChI=1S/C6H4O2S2/c7-10(8)6-4-2-1-3-5(6)9-10/h1-4H. The highest BCUT2D eigenvalue weighted by Crippen LogP contribution is 2.45. The van der Waals surface area contributed by atoms with Gasteiger partial charge in [-0.25, -0.2) is 8.42 Å². The van der Waals surface area contributed by atoms with Crippen LogP contribution in [0.4, 0.5) is 0 Å². The molecule has 2 rings (SSSR count). The van der Waals surface area contributed by atoms with E-state index in [-0.39, 0.29) is 0 Å². The smallest absolute Gasteiger partial charge is 0.212 e. The molecule has 0 amide bonds. The lowest BCUT2D eigenvalue weighted by Gasteiger charge is -2.15. The summed E-state index contributed by atoms with van der Waals surface area (Å²) in [6, 6.07) is 7.00. The molecule has 0 bridgehead atoms. The van der Waals surface area contributed by atoms with Gasteiger partial charge >= 0.3 is 0 Å². The third-order valence-corrected chi connectivity index (χ3v) is 4.83. The molecule has 0 saturated carbocycles. The fraction of sp³-hybridized carbons (Fsp3) is 0. The molecule has 0 unspecified atom stereocenters. The summed E-state index contributed by atoms with van der Waals surface area (Å²) in [6.07, 6.45) is 0. The zero-order valence-electron chi connectivity index (χ0n) is 4.94. The number of hydrogen-bond donors (Lipinski definition) is 0. The molecule has 0 saturated heterocycles. The van der Waals surface area contributed by atoms with Crippen molar-refractivity contribution in [1.29, 1.82) is 0 Å². The molecule has 52 valence electrons. The van der Waals surface area contributed by atoms with Crippen molar-refractivity contribution in [3.8, 4) is 0 Å². The number of hydrogen-bond acceptors (Lipinski definition) is 3. The second-order valence-corrected chi connectivity index (χ2v) is 5.76. The first kappa shape index (κ1) is 6.24. The molecule has 0 N–H and O–H groups in total. The summed E-state index contributed by atoms with van der Waals surface area (Å²) in [7, 11) is -2.00. The van der Waals surface area contributed by atoms with Gasteiger partial charge in [-0.15, -0.1) is 0 Å². The highest BCUT2D eigenvalue weighted by Gasteiger charge is 2.30. The molecule has 1 aliphatic rings. The molecule has 0 atom stereocenters. The van der Waals surface area contributed by atoms with Crippen LogP contribution in [0.25, 0.3) is 0 Å². The average molecular weight is 172 g/mol. The van der Waals surface area contributed by atoms with Gasteiger partial charge in [0.2, 0.25) is 8.87 Å². The Hall–Kier alpha value is -0.480. The summed E-state index contributed by atoms with van der Waals surface area (Å²) < 4.78 is 21.7. The van der Waals surface area contributed by atoms with Crippen LogP contribution in [0.2, 0.25) is 0 Å². The van der Waals surface area contributed by atoms with Crippen molar-refractivity contribution in [1.82, 2.24) is 0 Å². The minimum atomic E-state index is -2.92. The molecule has 0 aliphatic carbocycles. The highest BCUT2D eigenvalue weighted by molar-refractivity contribution is 8.74. The van der Waals surface area contributed by atoms with E-state index >= 15 is 0 Å². The van der Waals surface area contributed by atoms with Crippen molar-refractivity contribution in [3.05, 3.63) is 24.3 Å². The number of benzene rings is 1. The molecule has 1 aliphatic heterocycles. The predicted octanol–water partition coefficient (Wildman–Crippen LogP) is 1.48. The van der Waals surface area contributed by atoms with Crippen molar-refractivity contribution in [2.75, 3.05) is 0 Å². The fourth-order valence-electron chi connectivity index (χ4n) is 0.855. The van der Waals surface area contributed by atoms with Crippen LogP contribution in [0.3, 0.4) is 0 Å². The van der Waals surface area contributed by atoms with Crippen LogP contribution in [0.5, 0.6) is 0 Å². The maximum atomic E-state index is 10.9. The highest BCUT2D eigenvalue weighted by atomic mass is 33.1. The third-order valence-electron chi connectivity index (χ3n) is 1.32. The van der Waals surface area contributed by atoms with Gasteiger partial charge in [-0.3, -0.25) is 0 Å². The fourth-order valence-corrected chi connectivity index (χ4v) is 3.76. The Labute approximate surface area is 62.6 Å². The molecule has 1 aromatic carbocycles. The first-order chi connectivity index (χ1) is 4.70. The van der Waals surface area contributed by atoms with Crippen molar-refractivity contribution < 1.29 is 8.42 Å². The summed E-state index contributed by atoms with van der Waals surface area (Å²) in [5.41, 5.74) is 0. The Bertz CT molecular complexity index is 367. The zero-order chi connectivity index (χ0) is 7.19. The molecule has 2 nitrogen and oxygen atoms in total. The van der Waals surface area contributed by atoms with Gasteiger partial charge in [0.15, 0.2) is 0 Å². The maximum absolute atomic E-state index is 10.9. The van der Waals surface area contributed by atoms with E-state index < -0.39 is 8.87 Å².